The van der Waals surface area contributed by atoms with E-state index in [4.69, 9.17) is 4.74 Å². The van der Waals surface area contributed by atoms with Crippen LogP contribution in [0.4, 0.5) is 0 Å². The van der Waals surface area contributed by atoms with Gasteiger partial charge in [0.2, 0.25) is 10.0 Å². The zero-order valence-electron chi connectivity index (χ0n) is 12.2. The Hall–Kier alpha value is -1.69. The maximum absolute atomic E-state index is 11.9. The van der Waals surface area contributed by atoms with Crippen LogP contribution in [0.2, 0.25) is 0 Å². The average Bonchev–Trinajstić information content (AvgIpc) is 2.49. The quantitative estimate of drug-likeness (QED) is 0.824. The maximum Gasteiger partial charge on any atom is 0.242 e. The Labute approximate surface area is 126 Å². The monoisotopic (exact) mass is 305 g/mol. The van der Waals surface area contributed by atoms with E-state index in [-0.39, 0.29) is 0 Å². The molecule has 0 fully saturated rings. The van der Waals surface area contributed by atoms with Gasteiger partial charge in [0.1, 0.15) is 0 Å². The molecule has 4 nitrogen and oxygen atoms in total. The summed E-state index contributed by atoms with van der Waals surface area (Å²) in [6.07, 6.45) is 0. The van der Waals surface area contributed by atoms with E-state index in [9.17, 15) is 8.42 Å². The van der Waals surface area contributed by atoms with Gasteiger partial charge in [-0.2, -0.15) is 0 Å². The van der Waals surface area contributed by atoms with E-state index in [1.54, 1.807) is 24.3 Å². The van der Waals surface area contributed by atoms with E-state index in [1.807, 2.05) is 30.3 Å². The van der Waals surface area contributed by atoms with Gasteiger partial charge in [0.15, 0.2) is 0 Å². The SMILES string of the molecule is CN(C)S(=O)(=O)c1ccc(COCc2ccccc2)cc1. The van der Waals surface area contributed by atoms with Crippen LogP contribution >= 0.6 is 0 Å². The molecule has 0 saturated carbocycles. The molecular formula is C16H19NO3S. The smallest absolute Gasteiger partial charge is 0.242 e. The Morgan fingerprint density at radius 3 is 1.90 bits per heavy atom. The lowest BCUT2D eigenvalue weighted by atomic mass is 10.2. The van der Waals surface area contributed by atoms with Gasteiger partial charge < -0.3 is 4.74 Å². The van der Waals surface area contributed by atoms with Crippen molar-refractivity contribution < 1.29 is 13.2 Å². The molecule has 21 heavy (non-hydrogen) atoms. The summed E-state index contributed by atoms with van der Waals surface area (Å²) < 4.78 is 30.7. The van der Waals surface area contributed by atoms with Gasteiger partial charge in [-0.15, -0.1) is 0 Å². The van der Waals surface area contributed by atoms with Crippen LogP contribution in [0.25, 0.3) is 0 Å². The molecular weight excluding hydrogens is 286 g/mol. The third-order valence-corrected chi connectivity index (χ3v) is 4.91. The van der Waals surface area contributed by atoms with Crippen LogP contribution in [0.3, 0.4) is 0 Å². The number of benzene rings is 2. The normalized spacial score (nSPS) is 11.8. The Morgan fingerprint density at radius 2 is 1.38 bits per heavy atom. The average molecular weight is 305 g/mol. The Kier molecular flexibility index (Phi) is 5.12. The minimum atomic E-state index is -3.36. The number of hydrogen-bond acceptors (Lipinski definition) is 3. The number of nitrogens with zero attached hydrogens (tertiary/aromatic N) is 1. The highest BCUT2D eigenvalue weighted by Gasteiger charge is 2.16. The van der Waals surface area contributed by atoms with E-state index in [0.29, 0.717) is 18.1 Å². The molecule has 2 aromatic rings. The van der Waals surface area contributed by atoms with E-state index in [0.717, 1.165) is 11.1 Å². The van der Waals surface area contributed by atoms with Gasteiger partial charge in [0, 0.05) is 14.1 Å². The summed E-state index contributed by atoms with van der Waals surface area (Å²) in [7, 11) is -0.325. The summed E-state index contributed by atoms with van der Waals surface area (Å²) in [6.45, 7) is 0.996. The lowest BCUT2D eigenvalue weighted by Crippen LogP contribution is -2.22. The Balaban J connectivity index is 1.94. The Bertz CT molecular complexity index is 664. The van der Waals surface area contributed by atoms with Gasteiger partial charge in [0.25, 0.3) is 0 Å². The summed E-state index contributed by atoms with van der Waals surface area (Å²) in [5.74, 6) is 0. The van der Waals surface area contributed by atoms with Crippen LogP contribution in [0, 0.1) is 0 Å². The van der Waals surface area contributed by atoms with Gasteiger partial charge >= 0.3 is 0 Å². The number of hydrogen-bond donors (Lipinski definition) is 0. The van der Waals surface area contributed by atoms with Gasteiger partial charge in [-0.25, -0.2) is 12.7 Å². The fourth-order valence-electron chi connectivity index (χ4n) is 1.83. The first-order valence-corrected chi connectivity index (χ1v) is 8.07. The molecule has 0 spiro atoms. The van der Waals surface area contributed by atoms with Crippen LogP contribution in [0.1, 0.15) is 11.1 Å². The highest BCUT2D eigenvalue weighted by atomic mass is 32.2. The van der Waals surface area contributed by atoms with Crippen LogP contribution in [-0.2, 0) is 28.0 Å². The summed E-state index contributed by atoms with van der Waals surface area (Å²) in [5, 5.41) is 0. The predicted octanol–water partition coefficient (Wildman–Crippen LogP) is 2.65. The third-order valence-electron chi connectivity index (χ3n) is 3.08. The maximum atomic E-state index is 11.9. The molecule has 2 rings (SSSR count). The van der Waals surface area contributed by atoms with Gasteiger partial charge in [-0.3, -0.25) is 0 Å². The summed E-state index contributed by atoms with van der Waals surface area (Å²) >= 11 is 0. The van der Waals surface area contributed by atoms with E-state index >= 15 is 0 Å². The summed E-state index contributed by atoms with van der Waals surface area (Å²) in [6, 6.07) is 16.7. The number of sulfonamides is 1. The van der Waals surface area contributed by atoms with Gasteiger partial charge in [-0.05, 0) is 23.3 Å². The molecule has 5 heteroatoms. The van der Waals surface area contributed by atoms with Crippen LogP contribution in [0.15, 0.2) is 59.5 Å². The highest BCUT2D eigenvalue weighted by Crippen LogP contribution is 2.14. The first kappa shape index (κ1) is 15.7. The lowest BCUT2D eigenvalue weighted by molar-refractivity contribution is 0.107. The topological polar surface area (TPSA) is 46.6 Å². The summed E-state index contributed by atoms with van der Waals surface area (Å²) in [5.41, 5.74) is 2.06. The standard InChI is InChI=1S/C16H19NO3S/c1-17(2)21(18,19)16-10-8-15(9-11-16)13-20-12-14-6-4-3-5-7-14/h3-11H,12-13H2,1-2H3. The molecule has 0 bridgehead atoms. The second kappa shape index (κ2) is 6.85. The van der Waals surface area contributed by atoms with Crippen molar-refractivity contribution in [2.24, 2.45) is 0 Å². The molecule has 0 aliphatic carbocycles. The first-order valence-electron chi connectivity index (χ1n) is 6.63. The van der Waals surface area contributed by atoms with Crippen molar-refractivity contribution >= 4 is 10.0 Å². The van der Waals surface area contributed by atoms with Crippen LogP contribution in [0.5, 0.6) is 0 Å². The third kappa shape index (κ3) is 4.14. The molecule has 0 heterocycles. The zero-order chi connectivity index (χ0) is 15.3. The van der Waals surface area contributed by atoms with Crippen molar-refractivity contribution in [1.82, 2.24) is 4.31 Å². The second-order valence-electron chi connectivity index (χ2n) is 4.91. The largest absolute Gasteiger partial charge is 0.372 e. The fraction of sp³-hybridized carbons (Fsp3) is 0.250. The van der Waals surface area contributed by atoms with Crippen molar-refractivity contribution in [3.8, 4) is 0 Å². The Morgan fingerprint density at radius 1 is 0.857 bits per heavy atom. The molecule has 112 valence electrons. The molecule has 0 aliphatic rings. The van der Waals surface area contributed by atoms with Crippen molar-refractivity contribution in [3.63, 3.8) is 0 Å². The van der Waals surface area contributed by atoms with Crippen LogP contribution < -0.4 is 0 Å². The minimum Gasteiger partial charge on any atom is -0.372 e. The van der Waals surface area contributed by atoms with Crippen molar-refractivity contribution in [2.75, 3.05) is 14.1 Å². The van der Waals surface area contributed by atoms with Crippen LogP contribution in [-0.4, -0.2) is 26.8 Å². The zero-order valence-corrected chi connectivity index (χ0v) is 13.0. The first-order chi connectivity index (χ1) is 10.00. The van der Waals surface area contributed by atoms with Crippen molar-refractivity contribution in [1.29, 1.82) is 0 Å². The van der Waals surface area contributed by atoms with E-state index in [2.05, 4.69) is 0 Å². The highest BCUT2D eigenvalue weighted by molar-refractivity contribution is 7.89. The van der Waals surface area contributed by atoms with Gasteiger partial charge in [0.05, 0.1) is 18.1 Å². The van der Waals surface area contributed by atoms with E-state index < -0.39 is 10.0 Å². The minimum absolute atomic E-state index is 0.291. The summed E-state index contributed by atoms with van der Waals surface area (Å²) in [4.78, 5) is 0.291. The van der Waals surface area contributed by atoms with Gasteiger partial charge in [-0.1, -0.05) is 42.5 Å². The molecule has 0 radical (unpaired) electrons. The van der Waals surface area contributed by atoms with Crippen molar-refractivity contribution in [2.45, 2.75) is 18.1 Å². The molecule has 0 N–H and O–H groups in total. The molecule has 0 unspecified atom stereocenters. The van der Waals surface area contributed by atoms with E-state index in [1.165, 1.54) is 18.4 Å². The lowest BCUT2D eigenvalue weighted by Gasteiger charge is -2.11. The molecule has 0 saturated heterocycles. The molecule has 0 amide bonds. The molecule has 2 aromatic carbocycles. The number of ether oxygens (including phenoxy) is 1. The molecule has 0 atom stereocenters. The fourth-order valence-corrected chi connectivity index (χ4v) is 2.73. The predicted molar refractivity (Wildman–Crippen MR) is 82.2 cm³/mol. The molecule has 0 aliphatic heterocycles. The molecule has 0 aromatic heterocycles. The second-order valence-corrected chi connectivity index (χ2v) is 7.06. The number of rotatable bonds is 6. The van der Waals surface area contributed by atoms with Crippen molar-refractivity contribution in [3.05, 3.63) is 65.7 Å².